The van der Waals surface area contributed by atoms with E-state index in [9.17, 15) is 14.4 Å². The van der Waals surface area contributed by atoms with Crippen LogP contribution >= 0.6 is 0 Å². The smallest absolute Gasteiger partial charge is 0.326 e. The number of likely N-dealkylation sites (N-methyl/N-ethyl adjacent to an activating group) is 1. The Morgan fingerprint density at radius 1 is 0.875 bits per heavy atom. The number of para-hydroxylation sites is 2. The van der Waals surface area contributed by atoms with E-state index in [1.54, 1.807) is 52.9 Å². The minimum Gasteiger partial charge on any atom is -0.454 e. The van der Waals surface area contributed by atoms with Crippen LogP contribution < -0.4 is 5.43 Å². The van der Waals surface area contributed by atoms with E-state index >= 15 is 0 Å². The van der Waals surface area contributed by atoms with Gasteiger partial charge >= 0.3 is 5.97 Å². The third-order valence-corrected chi connectivity index (χ3v) is 5.62. The Bertz CT molecular complexity index is 1310. The Hall–Kier alpha value is -3.93. The number of rotatable bonds is 6. The molecule has 0 aliphatic rings. The molecule has 0 saturated carbocycles. The number of esters is 1. The van der Waals surface area contributed by atoms with Crippen LogP contribution in [0.5, 0.6) is 0 Å². The van der Waals surface area contributed by atoms with Crippen LogP contribution in [0.2, 0.25) is 0 Å². The van der Waals surface area contributed by atoms with Crippen molar-refractivity contribution in [2.75, 3.05) is 13.7 Å². The number of ether oxygens (including phenoxy) is 1. The van der Waals surface area contributed by atoms with Crippen LogP contribution in [0.1, 0.15) is 11.1 Å². The molecule has 0 bridgehead atoms. The van der Waals surface area contributed by atoms with Crippen molar-refractivity contribution in [1.82, 2.24) is 9.47 Å². The highest BCUT2D eigenvalue weighted by Crippen LogP contribution is 2.19. The standard InChI is InChI=1S/C26H24N2O4/c1-18-9-3-4-10-19(18)15-27(2)24(29)17-32-25(30)16-28-22-13-7-5-11-20(22)26(31)21-12-6-8-14-23(21)28/h3-14H,15-17H2,1-2H3. The van der Waals surface area contributed by atoms with Crippen molar-refractivity contribution in [3.63, 3.8) is 0 Å². The monoisotopic (exact) mass is 428 g/mol. The number of hydrogen-bond acceptors (Lipinski definition) is 4. The molecule has 0 radical (unpaired) electrons. The Morgan fingerprint density at radius 3 is 2.06 bits per heavy atom. The molecule has 0 N–H and O–H groups in total. The Labute approximate surface area is 185 Å². The largest absolute Gasteiger partial charge is 0.454 e. The number of benzene rings is 3. The van der Waals surface area contributed by atoms with Gasteiger partial charge in [0.15, 0.2) is 12.0 Å². The average Bonchev–Trinajstić information content (AvgIpc) is 2.81. The lowest BCUT2D eigenvalue weighted by Gasteiger charge is -2.19. The lowest BCUT2D eigenvalue weighted by molar-refractivity contribution is -0.152. The highest BCUT2D eigenvalue weighted by atomic mass is 16.5. The van der Waals surface area contributed by atoms with Crippen LogP contribution in [0.4, 0.5) is 0 Å². The van der Waals surface area contributed by atoms with Gasteiger partial charge in [-0.05, 0) is 42.3 Å². The SMILES string of the molecule is Cc1ccccc1CN(C)C(=O)COC(=O)Cn1c2ccccc2c(=O)c2ccccc21. The maximum atomic E-state index is 12.8. The van der Waals surface area contributed by atoms with Crippen molar-refractivity contribution in [1.29, 1.82) is 0 Å². The number of carbonyl (C=O) groups is 2. The van der Waals surface area contributed by atoms with Crippen LogP contribution in [-0.2, 0) is 27.4 Å². The second-order valence-corrected chi connectivity index (χ2v) is 7.79. The van der Waals surface area contributed by atoms with Gasteiger partial charge < -0.3 is 14.2 Å². The minimum absolute atomic E-state index is 0.0752. The average molecular weight is 428 g/mol. The van der Waals surface area contributed by atoms with Crippen LogP contribution in [-0.4, -0.2) is 35.0 Å². The molecular weight excluding hydrogens is 404 g/mol. The Balaban J connectivity index is 1.50. The zero-order valence-electron chi connectivity index (χ0n) is 18.1. The van der Waals surface area contributed by atoms with E-state index in [1.165, 1.54) is 0 Å². The summed E-state index contributed by atoms with van der Waals surface area (Å²) in [6.45, 7) is 2.00. The van der Waals surface area contributed by atoms with E-state index in [0.717, 1.165) is 11.1 Å². The van der Waals surface area contributed by atoms with E-state index in [1.807, 2.05) is 43.3 Å². The first-order chi connectivity index (χ1) is 15.5. The maximum Gasteiger partial charge on any atom is 0.326 e. The quantitative estimate of drug-likeness (QED) is 0.347. The van der Waals surface area contributed by atoms with Gasteiger partial charge in [-0.3, -0.25) is 14.4 Å². The van der Waals surface area contributed by atoms with E-state index in [0.29, 0.717) is 28.4 Å². The molecule has 0 aliphatic carbocycles. The molecule has 6 nitrogen and oxygen atoms in total. The van der Waals surface area contributed by atoms with Gasteiger partial charge in [-0.1, -0.05) is 48.5 Å². The summed E-state index contributed by atoms with van der Waals surface area (Å²) in [5, 5.41) is 1.07. The summed E-state index contributed by atoms with van der Waals surface area (Å²) in [6, 6.07) is 22.2. The molecule has 1 heterocycles. The summed E-state index contributed by atoms with van der Waals surface area (Å²) in [5.41, 5.74) is 3.36. The van der Waals surface area contributed by atoms with Crippen molar-refractivity contribution in [3.8, 4) is 0 Å². The first-order valence-electron chi connectivity index (χ1n) is 10.4. The molecular formula is C26H24N2O4. The summed E-state index contributed by atoms with van der Waals surface area (Å²) in [7, 11) is 1.69. The fourth-order valence-corrected chi connectivity index (χ4v) is 3.81. The van der Waals surface area contributed by atoms with E-state index in [-0.39, 0.29) is 24.5 Å². The number of pyridine rings is 1. The molecule has 0 spiro atoms. The number of fused-ring (bicyclic) bond motifs is 2. The van der Waals surface area contributed by atoms with Crippen LogP contribution in [0.15, 0.2) is 77.6 Å². The van der Waals surface area contributed by atoms with Crippen LogP contribution in [0, 0.1) is 6.92 Å². The second kappa shape index (κ2) is 9.06. The number of nitrogens with zero attached hydrogens (tertiary/aromatic N) is 2. The van der Waals surface area contributed by atoms with Crippen LogP contribution in [0.25, 0.3) is 21.8 Å². The Morgan fingerprint density at radius 2 is 1.44 bits per heavy atom. The fourth-order valence-electron chi connectivity index (χ4n) is 3.81. The number of aryl methyl sites for hydroxylation is 1. The van der Waals surface area contributed by atoms with Crippen LogP contribution in [0.3, 0.4) is 0 Å². The lowest BCUT2D eigenvalue weighted by atomic mass is 10.1. The summed E-state index contributed by atoms with van der Waals surface area (Å²) >= 11 is 0. The topological polar surface area (TPSA) is 68.6 Å². The van der Waals surface area contributed by atoms with Gasteiger partial charge in [0.2, 0.25) is 0 Å². The molecule has 162 valence electrons. The molecule has 0 saturated heterocycles. The number of amides is 1. The van der Waals surface area contributed by atoms with Crippen molar-refractivity contribution in [2.24, 2.45) is 0 Å². The van der Waals surface area contributed by atoms with Gasteiger partial charge in [-0.25, -0.2) is 0 Å². The first-order valence-corrected chi connectivity index (χ1v) is 10.4. The number of carbonyl (C=O) groups excluding carboxylic acids is 2. The highest BCUT2D eigenvalue weighted by molar-refractivity contribution is 5.94. The molecule has 1 aromatic heterocycles. The maximum absolute atomic E-state index is 12.8. The second-order valence-electron chi connectivity index (χ2n) is 7.79. The minimum atomic E-state index is -0.540. The van der Waals surface area contributed by atoms with Gasteiger partial charge in [0.1, 0.15) is 6.54 Å². The fraction of sp³-hybridized carbons (Fsp3) is 0.192. The molecule has 0 fully saturated rings. The lowest BCUT2D eigenvalue weighted by Crippen LogP contribution is -2.31. The van der Waals surface area contributed by atoms with E-state index < -0.39 is 5.97 Å². The molecule has 3 aromatic carbocycles. The third-order valence-electron chi connectivity index (χ3n) is 5.62. The molecule has 32 heavy (non-hydrogen) atoms. The third kappa shape index (κ3) is 4.25. The molecule has 0 aliphatic heterocycles. The molecule has 6 heteroatoms. The van der Waals surface area contributed by atoms with Gasteiger partial charge in [-0.2, -0.15) is 0 Å². The Kier molecular flexibility index (Phi) is 6.03. The summed E-state index contributed by atoms with van der Waals surface area (Å²) in [6.07, 6.45) is 0. The predicted octanol–water partition coefficient (Wildman–Crippen LogP) is 3.66. The summed E-state index contributed by atoms with van der Waals surface area (Å²) < 4.78 is 7.06. The zero-order valence-corrected chi connectivity index (χ0v) is 18.1. The van der Waals surface area contributed by atoms with E-state index in [2.05, 4.69) is 0 Å². The van der Waals surface area contributed by atoms with Gasteiger partial charge in [0, 0.05) is 24.4 Å². The first kappa shape index (κ1) is 21.3. The molecule has 4 aromatic rings. The molecule has 4 rings (SSSR count). The molecule has 0 atom stereocenters. The summed E-state index contributed by atoms with van der Waals surface area (Å²) in [5.74, 6) is -0.821. The van der Waals surface area contributed by atoms with Gasteiger partial charge in [-0.15, -0.1) is 0 Å². The normalized spacial score (nSPS) is 10.9. The van der Waals surface area contributed by atoms with Gasteiger partial charge in [0.25, 0.3) is 5.91 Å². The van der Waals surface area contributed by atoms with Crippen molar-refractivity contribution in [2.45, 2.75) is 20.0 Å². The number of aromatic nitrogens is 1. The molecule has 0 unspecified atom stereocenters. The highest BCUT2D eigenvalue weighted by Gasteiger charge is 2.16. The van der Waals surface area contributed by atoms with Crippen molar-refractivity contribution in [3.05, 3.63) is 94.1 Å². The number of hydrogen-bond donors (Lipinski definition) is 0. The van der Waals surface area contributed by atoms with Crippen molar-refractivity contribution >= 4 is 33.7 Å². The summed E-state index contributed by atoms with van der Waals surface area (Å²) in [4.78, 5) is 39.5. The van der Waals surface area contributed by atoms with E-state index in [4.69, 9.17) is 4.74 Å². The predicted molar refractivity (Wildman–Crippen MR) is 124 cm³/mol. The van der Waals surface area contributed by atoms with Crippen molar-refractivity contribution < 1.29 is 14.3 Å². The zero-order chi connectivity index (χ0) is 22.7. The molecule has 1 amide bonds. The van der Waals surface area contributed by atoms with Gasteiger partial charge in [0.05, 0.1) is 11.0 Å².